The molecule has 0 heteroatoms. The van der Waals surface area contributed by atoms with Crippen LogP contribution < -0.4 is 0 Å². The molecule has 1 aliphatic rings. The summed E-state index contributed by atoms with van der Waals surface area (Å²) in [6.07, 6.45) is 2.64. The van der Waals surface area contributed by atoms with Crippen LogP contribution in [0.4, 0.5) is 0 Å². The fourth-order valence-corrected chi connectivity index (χ4v) is 8.54. The molecule has 9 rings (SSSR count). The SMILES string of the molecule is CCCC.Cc1ccccc1-c1cccc(-c2c3ccccc3c(-c3cccc4c3-c3c(ccc5ccccc35)C4(C)C)c3ccccc23)c1C. The van der Waals surface area contributed by atoms with Gasteiger partial charge in [0.15, 0.2) is 0 Å². The number of hydrogen-bond acceptors (Lipinski definition) is 0. The highest BCUT2D eigenvalue weighted by atomic mass is 14.4. The van der Waals surface area contributed by atoms with Crippen molar-refractivity contribution in [3.8, 4) is 44.5 Å². The van der Waals surface area contributed by atoms with E-state index in [2.05, 4.69) is 187 Å². The van der Waals surface area contributed by atoms with Crippen LogP contribution in [-0.2, 0) is 5.41 Å². The maximum Gasteiger partial charge on any atom is 0.0159 e. The maximum atomic E-state index is 2.39. The molecule has 250 valence electrons. The molecule has 0 spiro atoms. The van der Waals surface area contributed by atoms with E-state index in [1.54, 1.807) is 0 Å². The molecule has 51 heavy (non-hydrogen) atoms. The van der Waals surface area contributed by atoms with Gasteiger partial charge in [-0.15, -0.1) is 0 Å². The van der Waals surface area contributed by atoms with E-state index < -0.39 is 0 Å². The molecule has 0 heterocycles. The molecule has 0 aromatic heterocycles. The van der Waals surface area contributed by atoms with Gasteiger partial charge in [-0.05, 0) is 113 Å². The monoisotopic (exact) mass is 658 g/mol. The highest BCUT2D eigenvalue weighted by Crippen LogP contribution is 2.56. The molecular weight excluding hydrogens is 613 g/mol. The predicted molar refractivity (Wildman–Crippen MR) is 223 cm³/mol. The van der Waals surface area contributed by atoms with Gasteiger partial charge in [-0.3, -0.25) is 0 Å². The van der Waals surface area contributed by atoms with Gasteiger partial charge in [0.2, 0.25) is 0 Å². The lowest BCUT2D eigenvalue weighted by atomic mass is 9.80. The Morgan fingerprint density at radius 3 is 1.47 bits per heavy atom. The molecule has 0 fully saturated rings. The summed E-state index contributed by atoms with van der Waals surface area (Å²) >= 11 is 0. The van der Waals surface area contributed by atoms with Crippen LogP contribution in [0.1, 0.15) is 62.8 Å². The maximum absolute atomic E-state index is 2.39. The van der Waals surface area contributed by atoms with Gasteiger partial charge < -0.3 is 0 Å². The van der Waals surface area contributed by atoms with Crippen molar-refractivity contribution in [2.75, 3.05) is 0 Å². The zero-order chi connectivity index (χ0) is 35.3. The Balaban J connectivity index is 0.000000890. The Bertz CT molecular complexity index is 2540. The number of unbranched alkanes of at least 4 members (excludes halogenated alkanes) is 1. The first-order valence-corrected chi connectivity index (χ1v) is 18.6. The molecular formula is C51H46. The van der Waals surface area contributed by atoms with Crippen LogP contribution in [0.25, 0.3) is 76.8 Å². The van der Waals surface area contributed by atoms with Crippen molar-refractivity contribution >= 4 is 32.3 Å². The van der Waals surface area contributed by atoms with Gasteiger partial charge in [-0.1, -0.05) is 186 Å². The molecule has 0 aliphatic heterocycles. The lowest BCUT2D eigenvalue weighted by molar-refractivity contribution is 0.661. The third-order valence-corrected chi connectivity index (χ3v) is 11.3. The van der Waals surface area contributed by atoms with Crippen LogP contribution in [0, 0.1) is 13.8 Å². The summed E-state index contributed by atoms with van der Waals surface area (Å²) in [5, 5.41) is 7.79. The molecule has 0 nitrogen and oxygen atoms in total. The second kappa shape index (κ2) is 13.0. The van der Waals surface area contributed by atoms with E-state index in [9.17, 15) is 0 Å². The first-order valence-electron chi connectivity index (χ1n) is 18.6. The van der Waals surface area contributed by atoms with Crippen molar-refractivity contribution < 1.29 is 0 Å². The van der Waals surface area contributed by atoms with Gasteiger partial charge in [0, 0.05) is 5.41 Å². The molecule has 0 radical (unpaired) electrons. The minimum Gasteiger partial charge on any atom is -0.0654 e. The van der Waals surface area contributed by atoms with Crippen LogP contribution in [0.2, 0.25) is 0 Å². The summed E-state index contributed by atoms with van der Waals surface area (Å²) in [6, 6.07) is 54.2. The van der Waals surface area contributed by atoms with Gasteiger partial charge in [-0.2, -0.15) is 0 Å². The third kappa shape index (κ3) is 5.20. The third-order valence-electron chi connectivity index (χ3n) is 11.3. The molecule has 0 N–H and O–H groups in total. The molecule has 1 aliphatic carbocycles. The van der Waals surface area contributed by atoms with Crippen molar-refractivity contribution in [2.45, 2.75) is 59.8 Å². The van der Waals surface area contributed by atoms with E-state index in [1.165, 1.54) is 112 Å². The average Bonchev–Trinajstić information content (AvgIpc) is 3.41. The van der Waals surface area contributed by atoms with Crippen LogP contribution in [0.3, 0.4) is 0 Å². The normalized spacial score (nSPS) is 12.8. The average molecular weight is 659 g/mol. The Kier molecular flexibility index (Phi) is 8.35. The van der Waals surface area contributed by atoms with E-state index >= 15 is 0 Å². The Morgan fingerprint density at radius 1 is 0.373 bits per heavy atom. The lowest BCUT2D eigenvalue weighted by Gasteiger charge is -2.23. The van der Waals surface area contributed by atoms with Crippen LogP contribution in [0.5, 0.6) is 0 Å². The van der Waals surface area contributed by atoms with Crippen molar-refractivity contribution in [3.63, 3.8) is 0 Å². The van der Waals surface area contributed by atoms with Crippen molar-refractivity contribution in [1.29, 1.82) is 0 Å². The second-order valence-corrected chi connectivity index (χ2v) is 14.7. The second-order valence-electron chi connectivity index (χ2n) is 14.7. The standard InChI is InChI=1S/C47H36.C4H10/c1-29-15-5-7-17-32(29)33-23-13-24-34(30(33)2)43-36-19-9-11-21-38(36)44(39-22-12-10-20-37(39)43)40-25-14-26-41-46(40)45-35-18-8-6-16-31(35)27-28-42(45)47(41,3)4;1-3-4-2/h5-28H,1-4H3;3-4H2,1-2H3. The largest absolute Gasteiger partial charge is 0.0654 e. The van der Waals surface area contributed by atoms with Crippen LogP contribution >= 0.6 is 0 Å². The summed E-state index contributed by atoms with van der Waals surface area (Å²) in [4.78, 5) is 0. The number of aryl methyl sites for hydroxylation is 1. The van der Waals surface area contributed by atoms with Crippen LogP contribution in [0.15, 0.2) is 146 Å². The number of hydrogen-bond donors (Lipinski definition) is 0. The summed E-state index contributed by atoms with van der Waals surface area (Å²) in [6.45, 7) is 13.6. The van der Waals surface area contributed by atoms with Gasteiger partial charge in [0.1, 0.15) is 0 Å². The lowest BCUT2D eigenvalue weighted by Crippen LogP contribution is -2.14. The fourth-order valence-electron chi connectivity index (χ4n) is 8.54. The number of rotatable bonds is 4. The van der Waals surface area contributed by atoms with E-state index in [1.807, 2.05) is 0 Å². The molecule has 0 saturated heterocycles. The zero-order valence-corrected chi connectivity index (χ0v) is 30.8. The zero-order valence-electron chi connectivity index (χ0n) is 30.8. The van der Waals surface area contributed by atoms with E-state index in [-0.39, 0.29) is 5.41 Å². The highest BCUT2D eigenvalue weighted by molar-refractivity contribution is 6.23. The van der Waals surface area contributed by atoms with E-state index in [0.29, 0.717) is 0 Å². The molecule has 8 aromatic rings. The minimum absolute atomic E-state index is 0.0939. The summed E-state index contributed by atoms with van der Waals surface area (Å²) in [5.41, 5.74) is 15.9. The Hall–Kier alpha value is -5.46. The number of fused-ring (bicyclic) bond motifs is 7. The predicted octanol–water partition coefficient (Wildman–Crippen LogP) is 14.9. The molecule has 0 bridgehead atoms. The summed E-state index contributed by atoms with van der Waals surface area (Å²) in [5.74, 6) is 0. The first-order chi connectivity index (χ1) is 24.9. The molecule has 0 atom stereocenters. The van der Waals surface area contributed by atoms with E-state index in [0.717, 1.165) is 0 Å². The topological polar surface area (TPSA) is 0 Å². The van der Waals surface area contributed by atoms with Gasteiger partial charge in [0.05, 0.1) is 0 Å². The van der Waals surface area contributed by atoms with Crippen molar-refractivity contribution in [1.82, 2.24) is 0 Å². The summed E-state index contributed by atoms with van der Waals surface area (Å²) < 4.78 is 0. The van der Waals surface area contributed by atoms with Crippen molar-refractivity contribution in [2.24, 2.45) is 0 Å². The summed E-state index contributed by atoms with van der Waals surface area (Å²) in [7, 11) is 0. The van der Waals surface area contributed by atoms with E-state index in [4.69, 9.17) is 0 Å². The van der Waals surface area contributed by atoms with Crippen LogP contribution in [-0.4, -0.2) is 0 Å². The highest BCUT2D eigenvalue weighted by Gasteiger charge is 2.38. The minimum atomic E-state index is -0.0939. The number of benzene rings is 8. The van der Waals surface area contributed by atoms with Gasteiger partial charge in [-0.25, -0.2) is 0 Å². The smallest absolute Gasteiger partial charge is 0.0159 e. The fraction of sp³-hybridized carbons (Fsp3) is 0.176. The van der Waals surface area contributed by atoms with Gasteiger partial charge in [0.25, 0.3) is 0 Å². The molecule has 0 amide bonds. The quantitative estimate of drug-likeness (QED) is 0.165. The molecule has 0 saturated carbocycles. The first kappa shape index (κ1) is 32.7. The van der Waals surface area contributed by atoms with Gasteiger partial charge >= 0.3 is 0 Å². The molecule has 0 unspecified atom stereocenters. The van der Waals surface area contributed by atoms with Crippen molar-refractivity contribution in [3.05, 3.63) is 168 Å². The Labute approximate surface area is 303 Å². The molecule has 8 aromatic carbocycles. The Morgan fingerprint density at radius 2 is 0.843 bits per heavy atom.